The average Bonchev–Trinajstić information content (AvgIpc) is 3.00. The molecule has 0 radical (unpaired) electrons. The van der Waals surface area contributed by atoms with E-state index in [4.69, 9.17) is 19.2 Å². The molecule has 0 amide bonds. The smallest absolute Gasteiger partial charge is 0.367 e. The van der Waals surface area contributed by atoms with Gasteiger partial charge in [0.25, 0.3) is 5.79 Å². The zero-order chi connectivity index (χ0) is 16.0. The highest BCUT2D eigenvalue weighted by atomic mass is 16.7. The van der Waals surface area contributed by atoms with Crippen LogP contribution in [0.4, 0.5) is 0 Å². The van der Waals surface area contributed by atoms with Gasteiger partial charge in [0.15, 0.2) is 0 Å². The number of hydrogen-bond donors (Lipinski definition) is 0. The number of carboxylic acid groups (broad SMARTS) is 1. The number of furan rings is 1. The van der Waals surface area contributed by atoms with Gasteiger partial charge in [-0.2, -0.15) is 5.26 Å². The van der Waals surface area contributed by atoms with Crippen molar-refractivity contribution in [2.45, 2.75) is 11.7 Å². The molecule has 1 aromatic rings. The Balaban J connectivity index is 3.51. The summed E-state index contributed by atoms with van der Waals surface area (Å²) in [6.45, 7) is 0. The maximum absolute atomic E-state index is 12.0. The van der Waals surface area contributed by atoms with Crippen molar-refractivity contribution in [3.63, 3.8) is 0 Å². The van der Waals surface area contributed by atoms with Gasteiger partial charge in [-0.1, -0.05) is 0 Å². The first kappa shape index (κ1) is 16.7. The number of nitriles is 1. The second-order valence-electron chi connectivity index (χ2n) is 3.99. The molecule has 0 aliphatic carbocycles. The summed E-state index contributed by atoms with van der Waals surface area (Å²) >= 11 is 0. The molecule has 0 N–H and O–H groups in total. The third kappa shape index (κ3) is 2.89. The molecule has 1 aromatic heterocycles. The highest BCUT2D eigenvalue weighted by Gasteiger charge is 2.54. The van der Waals surface area contributed by atoms with E-state index < -0.39 is 29.6 Å². The molecule has 0 fully saturated rings. The van der Waals surface area contributed by atoms with Crippen LogP contribution < -0.4 is 5.11 Å². The SMILES string of the molecule is COC(=O)C(OC)(OC)[C@H](c1ccco1)[C@@H](C#N)C(=O)[O-]. The van der Waals surface area contributed by atoms with Crippen LogP contribution in [0.1, 0.15) is 11.7 Å². The molecule has 2 atom stereocenters. The molecule has 1 rings (SSSR count). The summed E-state index contributed by atoms with van der Waals surface area (Å²) in [6.07, 6.45) is 1.26. The maximum atomic E-state index is 12.0. The van der Waals surface area contributed by atoms with Crippen LogP contribution in [-0.4, -0.2) is 39.1 Å². The van der Waals surface area contributed by atoms with Crippen LogP contribution in [0.15, 0.2) is 22.8 Å². The second kappa shape index (κ2) is 6.88. The fourth-order valence-electron chi connectivity index (χ4n) is 2.08. The first-order valence-electron chi connectivity index (χ1n) is 5.81. The fourth-order valence-corrected chi connectivity index (χ4v) is 2.08. The minimum absolute atomic E-state index is 0.0138. The fraction of sp³-hybridized carbons (Fsp3) is 0.462. The molecule has 0 saturated heterocycles. The number of aliphatic carboxylic acids is 1. The van der Waals surface area contributed by atoms with Gasteiger partial charge in [-0.15, -0.1) is 0 Å². The van der Waals surface area contributed by atoms with E-state index in [1.54, 1.807) is 6.07 Å². The van der Waals surface area contributed by atoms with Crippen molar-refractivity contribution >= 4 is 11.9 Å². The predicted octanol–water partition coefficient (Wildman–Crippen LogP) is -0.585. The monoisotopic (exact) mass is 296 g/mol. The molecule has 0 unspecified atom stereocenters. The molecule has 0 aliphatic rings. The van der Waals surface area contributed by atoms with Gasteiger partial charge >= 0.3 is 5.97 Å². The third-order valence-electron chi connectivity index (χ3n) is 3.06. The van der Waals surface area contributed by atoms with Crippen LogP contribution >= 0.6 is 0 Å². The van der Waals surface area contributed by atoms with Crippen molar-refractivity contribution in [1.29, 1.82) is 5.26 Å². The number of hydrogen-bond acceptors (Lipinski definition) is 8. The highest BCUT2D eigenvalue weighted by Crippen LogP contribution is 2.39. The van der Waals surface area contributed by atoms with Gasteiger partial charge in [-0.25, -0.2) is 4.79 Å². The Hall–Kier alpha value is -2.37. The molecular weight excluding hydrogens is 282 g/mol. The van der Waals surface area contributed by atoms with Crippen molar-refractivity contribution in [2.24, 2.45) is 5.92 Å². The van der Waals surface area contributed by atoms with Crippen molar-refractivity contribution < 1.29 is 33.3 Å². The van der Waals surface area contributed by atoms with Crippen LogP contribution in [0.25, 0.3) is 0 Å². The van der Waals surface area contributed by atoms with Crippen LogP contribution in [0.2, 0.25) is 0 Å². The standard InChI is InChI=1S/C13H15NO7/c1-18-12(17)13(19-2,20-3)10(8(7-14)11(15)16)9-5-4-6-21-9/h4-6,8,10H,1-3H3,(H,15,16)/p-1/t8-,10+/m1/s1. The number of nitrogens with zero attached hydrogens (tertiary/aromatic N) is 1. The minimum atomic E-state index is -2.16. The van der Waals surface area contributed by atoms with E-state index in [2.05, 4.69) is 4.74 Å². The molecule has 114 valence electrons. The minimum Gasteiger partial charge on any atom is -0.549 e. The Morgan fingerprint density at radius 1 is 1.38 bits per heavy atom. The number of esters is 1. The molecule has 8 nitrogen and oxygen atoms in total. The average molecular weight is 296 g/mol. The van der Waals surface area contributed by atoms with E-state index in [1.165, 1.54) is 18.4 Å². The summed E-state index contributed by atoms with van der Waals surface area (Å²) in [7, 11) is 3.33. The van der Waals surface area contributed by atoms with Gasteiger partial charge in [0.2, 0.25) is 0 Å². The molecule has 21 heavy (non-hydrogen) atoms. The number of carbonyl (C=O) groups excluding carboxylic acids is 2. The predicted molar refractivity (Wildman–Crippen MR) is 64.3 cm³/mol. The van der Waals surface area contributed by atoms with E-state index in [0.29, 0.717) is 0 Å². The topological polar surface area (TPSA) is 122 Å². The zero-order valence-electron chi connectivity index (χ0n) is 11.7. The molecule has 0 bridgehead atoms. The lowest BCUT2D eigenvalue weighted by atomic mass is 9.83. The van der Waals surface area contributed by atoms with Crippen molar-refractivity contribution in [3.8, 4) is 6.07 Å². The Labute approximate surface area is 120 Å². The lowest BCUT2D eigenvalue weighted by Crippen LogP contribution is -2.53. The first-order chi connectivity index (χ1) is 9.98. The summed E-state index contributed by atoms with van der Waals surface area (Å²) in [4.78, 5) is 23.3. The number of carboxylic acids is 1. The number of methoxy groups -OCH3 is 3. The van der Waals surface area contributed by atoms with Gasteiger partial charge < -0.3 is 28.5 Å². The normalized spacial score (nSPS) is 14.0. The number of carbonyl (C=O) groups is 2. The van der Waals surface area contributed by atoms with Crippen LogP contribution in [-0.2, 0) is 23.8 Å². The third-order valence-corrected chi connectivity index (χ3v) is 3.06. The first-order valence-corrected chi connectivity index (χ1v) is 5.81. The molecule has 0 aromatic carbocycles. The Kier molecular flexibility index (Phi) is 5.46. The molecule has 0 saturated carbocycles. The van der Waals surface area contributed by atoms with Gasteiger partial charge in [-0.05, 0) is 12.1 Å². The van der Waals surface area contributed by atoms with E-state index in [-0.39, 0.29) is 5.76 Å². The molecule has 1 heterocycles. The van der Waals surface area contributed by atoms with E-state index >= 15 is 0 Å². The quantitative estimate of drug-likeness (QED) is 0.483. The van der Waals surface area contributed by atoms with Crippen LogP contribution in [0.3, 0.4) is 0 Å². The summed E-state index contributed by atoms with van der Waals surface area (Å²) < 4.78 is 19.8. The largest absolute Gasteiger partial charge is 0.549 e. The summed E-state index contributed by atoms with van der Waals surface area (Å²) in [5.74, 6) is -8.01. The van der Waals surface area contributed by atoms with E-state index in [9.17, 15) is 14.7 Å². The molecule has 0 spiro atoms. The molecule has 0 aliphatic heterocycles. The summed E-state index contributed by atoms with van der Waals surface area (Å²) in [6, 6.07) is 4.42. The van der Waals surface area contributed by atoms with Crippen molar-refractivity contribution in [2.75, 3.05) is 21.3 Å². The summed E-state index contributed by atoms with van der Waals surface area (Å²) in [5.41, 5.74) is 0. The Morgan fingerprint density at radius 3 is 2.33 bits per heavy atom. The Morgan fingerprint density at radius 2 is 2.00 bits per heavy atom. The number of rotatable bonds is 7. The van der Waals surface area contributed by atoms with Gasteiger partial charge in [-0.3, -0.25) is 0 Å². The van der Waals surface area contributed by atoms with Gasteiger partial charge in [0.05, 0.1) is 25.4 Å². The maximum Gasteiger partial charge on any atom is 0.367 e. The lowest BCUT2D eigenvalue weighted by Gasteiger charge is -2.36. The van der Waals surface area contributed by atoms with Crippen molar-refractivity contribution in [1.82, 2.24) is 0 Å². The summed E-state index contributed by atoms with van der Waals surface area (Å²) in [5, 5.41) is 20.3. The second-order valence-corrected chi connectivity index (χ2v) is 3.99. The van der Waals surface area contributed by atoms with Crippen LogP contribution in [0, 0.1) is 17.2 Å². The molecule has 8 heteroatoms. The van der Waals surface area contributed by atoms with Gasteiger partial charge in [0.1, 0.15) is 17.6 Å². The Bertz CT molecular complexity index is 527. The van der Waals surface area contributed by atoms with Crippen LogP contribution in [0.5, 0.6) is 0 Å². The van der Waals surface area contributed by atoms with Gasteiger partial charge in [0, 0.05) is 14.2 Å². The molecular formula is C13H14NO7-. The van der Waals surface area contributed by atoms with Crippen molar-refractivity contribution in [3.05, 3.63) is 24.2 Å². The lowest BCUT2D eigenvalue weighted by molar-refractivity contribution is -0.314. The van der Waals surface area contributed by atoms with E-state index in [0.717, 1.165) is 21.3 Å². The zero-order valence-corrected chi connectivity index (χ0v) is 11.7. The highest BCUT2D eigenvalue weighted by molar-refractivity contribution is 5.82. The number of ether oxygens (including phenoxy) is 3. The van der Waals surface area contributed by atoms with E-state index in [1.807, 2.05) is 0 Å².